The fraction of sp³-hybridized carbons (Fsp3) is 0.727. The fourth-order valence-electron chi connectivity index (χ4n) is 3.94. The van der Waals surface area contributed by atoms with Gasteiger partial charge in [-0.15, -0.1) is 0 Å². The lowest BCUT2D eigenvalue weighted by molar-refractivity contribution is -0.0284. The van der Waals surface area contributed by atoms with Crippen molar-refractivity contribution >= 4 is 11.8 Å². The highest BCUT2D eigenvalue weighted by molar-refractivity contribution is 5.79. The van der Waals surface area contributed by atoms with Crippen molar-refractivity contribution in [1.82, 2.24) is 20.5 Å². The first-order valence-electron chi connectivity index (χ1n) is 11.1. The van der Waals surface area contributed by atoms with Gasteiger partial charge in [0.05, 0.1) is 25.4 Å². The van der Waals surface area contributed by atoms with Crippen LogP contribution >= 0.6 is 0 Å². The van der Waals surface area contributed by atoms with E-state index in [0.717, 1.165) is 69.8 Å². The van der Waals surface area contributed by atoms with E-state index in [1.807, 2.05) is 6.20 Å². The van der Waals surface area contributed by atoms with Gasteiger partial charge in [-0.05, 0) is 24.5 Å². The molecule has 3 heterocycles. The standard InChI is InChI=1S/C22H38N6O2/c1-17(2)14-27-7-9-30-20(16-27)13-26-22(23-4)25-12-19-5-6-21(24-11-19)28-8-10-29-18(3)15-28/h5-6,11,17-18,20H,7-10,12-16H2,1-4H3,(H2,23,25,26). The minimum Gasteiger partial charge on any atom is -0.375 e. The van der Waals surface area contributed by atoms with Crippen LogP contribution < -0.4 is 15.5 Å². The van der Waals surface area contributed by atoms with Gasteiger partial charge in [-0.25, -0.2) is 4.98 Å². The molecule has 3 rings (SSSR count). The SMILES string of the molecule is CN=C(NCc1ccc(N2CCOC(C)C2)nc1)NCC1CN(CC(C)C)CCO1. The summed E-state index contributed by atoms with van der Waals surface area (Å²) < 4.78 is 11.5. The molecule has 2 saturated heterocycles. The third-order valence-electron chi connectivity index (χ3n) is 5.40. The number of pyridine rings is 1. The van der Waals surface area contributed by atoms with E-state index in [2.05, 4.69) is 63.3 Å². The van der Waals surface area contributed by atoms with Crippen LogP contribution in [0.2, 0.25) is 0 Å². The third-order valence-corrected chi connectivity index (χ3v) is 5.40. The van der Waals surface area contributed by atoms with Gasteiger partial charge >= 0.3 is 0 Å². The first-order chi connectivity index (χ1) is 14.5. The highest BCUT2D eigenvalue weighted by Crippen LogP contribution is 2.15. The molecule has 0 aromatic carbocycles. The predicted molar refractivity (Wildman–Crippen MR) is 121 cm³/mol. The quantitative estimate of drug-likeness (QED) is 0.511. The zero-order valence-electron chi connectivity index (χ0n) is 18.9. The van der Waals surface area contributed by atoms with Crippen molar-refractivity contribution in [2.45, 2.75) is 39.5 Å². The van der Waals surface area contributed by atoms with Crippen LogP contribution in [-0.4, -0.2) is 87.6 Å². The summed E-state index contributed by atoms with van der Waals surface area (Å²) in [5, 5.41) is 6.77. The molecule has 2 fully saturated rings. The Balaban J connectivity index is 1.42. The predicted octanol–water partition coefficient (Wildman–Crippen LogP) is 1.33. The highest BCUT2D eigenvalue weighted by Gasteiger charge is 2.21. The minimum atomic E-state index is 0.188. The van der Waals surface area contributed by atoms with Gasteiger partial charge in [0, 0.05) is 59.1 Å². The Morgan fingerprint density at radius 2 is 2.03 bits per heavy atom. The van der Waals surface area contributed by atoms with Crippen molar-refractivity contribution in [1.29, 1.82) is 0 Å². The van der Waals surface area contributed by atoms with Crippen molar-refractivity contribution < 1.29 is 9.47 Å². The van der Waals surface area contributed by atoms with Crippen molar-refractivity contribution in [2.24, 2.45) is 10.9 Å². The van der Waals surface area contributed by atoms with Gasteiger partial charge in [0.25, 0.3) is 0 Å². The zero-order valence-corrected chi connectivity index (χ0v) is 18.9. The van der Waals surface area contributed by atoms with Crippen molar-refractivity contribution in [2.75, 3.05) is 64.4 Å². The van der Waals surface area contributed by atoms with Gasteiger partial charge in [-0.1, -0.05) is 19.9 Å². The molecule has 2 aliphatic rings. The van der Waals surface area contributed by atoms with Gasteiger partial charge < -0.3 is 25.0 Å². The lowest BCUT2D eigenvalue weighted by Crippen LogP contribution is -2.50. The number of aromatic nitrogens is 1. The van der Waals surface area contributed by atoms with Crippen molar-refractivity contribution in [3.05, 3.63) is 23.9 Å². The number of guanidine groups is 1. The maximum atomic E-state index is 5.92. The van der Waals surface area contributed by atoms with Gasteiger partial charge in [0.1, 0.15) is 5.82 Å². The first kappa shape index (κ1) is 22.8. The van der Waals surface area contributed by atoms with Crippen LogP contribution in [0.5, 0.6) is 0 Å². The monoisotopic (exact) mass is 418 g/mol. The van der Waals surface area contributed by atoms with Crippen LogP contribution in [0, 0.1) is 5.92 Å². The van der Waals surface area contributed by atoms with Crippen LogP contribution in [0.4, 0.5) is 5.82 Å². The van der Waals surface area contributed by atoms with Gasteiger partial charge in [-0.2, -0.15) is 0 Å². The Hall–Kier alpha value is -1.90. The summed E-state index contributed by atoms with van der Waals surface area (Å²) in [5.74, 6) is 2.47. The van der Waals surface area contributed by atoms with Gasteiger partial charge in [0.2, 0.25) is 0 Å². The molecule has 0 aliphatic carbocycles. The Morgan fingerprint density at radius 1 is 1.20 bits per heavy atom. The summed E-state index contributed by atoms with van der Waals surface area (Å²) >= 11 is 0. The molecular weight excluding hydrogens is 380 g/mol. The normalized spacial score (nSPS) is 23.6. The molecule has 2 unspecified atom stereocenters. The summed E-state index contributed by atoms with van der Waals surface area (Å²) in [5.41, 5.74) is 1.13. The molecule has 168 valence electrons. The lowest BCUT2D eigenvalue weighted by atomic mass is 10.2. The van der Waals surface area contributed by atoms with E-state index in [1.165, 1.54) is 0 Å². The highest BCUT2D eigenvalue weighted by atomic mass is 16.5. The molecule has 1 aromatic heterocycles. The largest absolute Gasteiger partial charge is 0.375 e. The molecule has 0 amide bonds. The van der Waals surface area contributed by atoms with E-state index < -0.39 is 0 Å². The molecule has 2 N–H and O–H groups in total. The number of aliphatic imine (C=N–C) groups is 1. The van der Waals surface area contributed by atoms with Gasteiger partial charge in [0.15, 0.2) is 5.96 Å². The average molecular weight is 419 g/mol. The zero-order chi connectivity index (χ0) is 21.3. The van der Waals surface area contributed by atoms with Crippen LogP contribution in [0.25, 0.3) is 0 Å². The molecule has 8 heteroatoms. The Labute approximate surface area is 181 Å². The van der Waals surface area contributed by atoms with E-state index in [1.54, 1.807) is 7.05 Å². The molecule has 0 spiro atoms. The molecule has 0 radical (unpaired) electrons. The molecule has 2 atom stereocenters. The van der Waals surface area contributed by atoms with Crippen LogP contribution in [0.15, 0.2) is 23.3 Å². The first-order valence-corrected chi connectivity index (χ1v) is 11.1. The van der Waals surface area contributed by atoms with E-state index >= 15 is 0 Å². The van der Waals surface area contributed by atoms with E-state index in [4.69, 9.17) is 9.47 Å². The summed E-state index contributed by atoms with van der Waals surface area (Å²) in [7, 11) is 1.79. The Morgan fingerprint density at radius 3 is 2.73 bits per heavy atom. The molecule has 30 heavy (non-hydrogen) atoms. The molecule has 0 saturated carbocycles. The maximum Gasteiger partial charge on any atom is 0.191 e. The van der Waals surface area contributed by atoms with Crippen molar-refractivity contribution in [3.8, 4) is 0 Å². The number of rotatable bonds is 7. The summed E-state index contributed by atoms with van der Waals surface area (Å²) in [6, 6.07) is 4.21. The molecule has 8 nitrogen and oxygen atoms in total. The number of morpholine rings is 2. The second-order valence-electron chi connectivity index (χ2n) is 8.60. The molecule has 0 bridgehead atoms. The second kappa shape index (κ2) is 11.5. The number of hydrogen-bond donors (Lipinski definition) is 2. The third kappa shape index (κ3) is 7.11. The van der Waals surface area contributed by atoms with Crippen LogP contribution in [-0.2, 0) is 16.0 Å². The Bertz CT molecular complexity index is 666. The molecule has 1 aromatic rings. The topological polar surface area (TPSA) is 74.2 Å². The number of ether oxygens (including phenoxy) is 2. The smallest absolute Gasteiger partial charge is 0.191 e. The molecule has 2 aliphatic heterocycles. The number of nitrogens with zero attached hydrogens (tertiary/aromatic N) is 4. The van der Waals surface area contributed by atoms with Gasteiger partial charge in [-0.3, -0.25) is 9.89 Å². The lowest BCUT2D eigenvalue weighted by Gasteiger charge is -2.34. The van der Waals surface area contributed by atoms with E-state index in [9.17, 15) is 0 Å². The van der Waals surface area contributed by atoms with E-state index in [0.29, 0.717) is 12.5 Å². The Kier molecular flexibility index (Phi) is 8.72. The van der Waals surface area contributed by atoms with E-state index in [-0.39, 0.29) is 12.2 Å². The maximum absolute atomic E-state index is 5.92. The molecular formula is C22H38N6O2. The summed E-state index contributed by atoms with van der Waals surface area (Å²) in [6.07, 6.45) is 2.37. The minimum absolute atomic E-state index is 0.188. The number of anilines is 1. The summed E-state index contributed by atoms with van der Waals surface area (Å²) in [4.78, 5) is 13.7. The fourth-order valence-corrected chi connectivity index (χ4v) is 3.94. The van der Waals surface area contributed by atoms with Crippen LogP contribution in [0.1, 0.15) is 26.3 Å². The average Bonchev–Trinajstić information content (AvgIpc) is 2.74. The summed E-state index contributed by atoms with van der Waals surface area (Å²) in [6.45, 7) is 14.5. The number of hydrogen-bond acceptors (Lipinski definition) is 6. The van der Waals surface area contributed by atoms with Crippen LogP contribution in [0.3, 0.4) is 0 Å². The number of nitrogens with one attached hydrogen (secondary N) is 2. The van der Waals surface area contributed by atoms with Crippen molar-refractivity contribution in [3.63, 3.8) is 0 Å². The second-order valence-corrected chi connectivity index (χ2v) is 8.60.